The Balaban J connectivity index is 1.75. The molecule has 0 aromatic heterocycles. The summed E-state index contributed by atoms with van der Waals surface area (Å²) in [6, 6.07) is 5.97. The standard InChI is InChI=1S/C18H10Cl4N2O5/c19-12-10-11(13(20)15(22)14(12)21)17(27)24(16(10)26)6-9(25)23-5-7-2-1-3-8(4-7)18(28)29/h1-4H,5-6H2,(H,23,25)(H,28,29). The van der Waals surface area contributed by atoms with Crippen LogP contribution >= 0.6 is 46.4 Å². The molecule has 1 aliphatic heterocycles. The summed E-state index contributed by atoms with van der Waals surface area (Å²) in [4.78, 5) is 49.1. The van der Waals surface area contributed by atoms with Crippen LogP contribution < -0.4 is 5.32 Å². The second kappa shape index (κ2) is 8.20. The van der Waals surface area contributed by atoms with E-state index in [2.05, 4.69) is 5.32 Å². The van der Waals surface area contributed by atoms with Crippen LogP contribution in [0.3, 0.4) is 0 Å². The van der Waals surface area contributed by atoms with Gasteiger partial charge in [-0.3, -0.25) is 19.3 Å². The monoisotopic (exact) mass is 474 g/mol. The van der Waals surface area contributed by atoms with Crippen molar-refractivity contribution in [2.45, 2.75) is 6.54 Å². The molecule has 0 saturated carbocycles. The number of rotatable bonds is 5. The summed E-state index contributed by atoms with van der Waals surface area (Å²) in [6.07, 6.45) is 0. The van der Waals surface area contributed by atoms with Crippen molar-refractivity contribution in [3.05, 3.63) is 66.6 Å². The molecule has 0 radical (unpaired) electrons. The summed E-state index contributed by atoms with van der Waals surface area (Å²) in [5.41, 5.74) is 0.177. The van der Waals surface area contributed by atoms with E-state index < -0.39 is 30.2 Å². The Morgan fingerprint density at radius 1 is 0.931 bits per heavy atom. The molecule has 1 aliphatic rings. The molecular weight excluding hydrogens is 466 g/mol. The zero-order valence-corrected chi connectivity index (χ0v) is 17.3. The predicted octanol–water partition coefficient (Wildman–Crippen LogP) is 3.91. The largest absolute Gasteiger partial charge is 0.478 e. The van der Waals surface area contributed by atoms with Crippen molar-refractivity contribution in [3.63, 3.8) is 0 Å². The summed E-state index contributed by atoms with van der Waals surface area (Å²) >= 11 is 23.9. The van der Waals surface area contributed by atoms with Crippen molar-refractivity contribution in [1.29, 1.82) is 0 Å². The van der Waals surface area contributed by atoms with Crippen LogP contribution in [-0.4, -0.2) is 40.2 Å². The van der Waals surface area contributed by atoms with Crippen molar-refractivity contribution in [3.8, 4) is 0 Å². The number of nitrogens with one attached hydrogen (secondary N) is 1. The van der Waals surface area contributed by atoms with E-state index in [0.29, 0.717) is 10.5 Å². The summed E-state index contributed by atoms with van der Waals surface area (Å²) < 4.78 is 0. The minimum absolute atomic E-state index is 0.00227. The Bertz CT molecular complexity index is 1040. The average Bonchev–Trinajstić information content (AvgIpc) is 2.94. The van der Waals surface area contributed by atoms with Crippen LogP contribution in [0.5, 0.6) is 0 Å². The van der Waals surface area contributed by atoms with Gasteiger partial charge in [-0.2, -0.15) is 0 Å². The van der Waals surface area contributed by atoms with Gasteiger partial charge in [0.2, 0.25) is 5.91 Å². The number of hydrogen-bond donors (Lipinski definition) is 2. The molecule has 11 heteroatoms. The van der Waals surface area contributed by atoms with E-state index in [1.165, 1.54) is 18.2 Å². The Morgan fingerprint density at radius 2 is 1.48 bits per heavy atom. The number of carboxylic acid groups (broad SMARTS) is 1. The number of nitrogens with zero attached hydrogens (tertiary/aromatic N) is 1. The Kier molecular flexibility index (Phi) is 6.05. The third kappa shape index (κ3) is 3.91. The molecule has 7 nitrogen and oxygen atoms in total. The van der Waals surface area contributed by atoms with Gasteiger partial charge in [-0.1, -0.05) is 58.5 Å². The highest BCUT2D eigenvalue weighted by Crippen LogP contribution is 2.44. The molecule has 0 unspecified atom stereocenters. The minimum Gasteiger partial charge on any atom is -0.478 e. The lowest BCUT2D eigenvalue weighted by Gasteiger charge is -2.14. The average molecular weight is 476 g/mol. The fourth-order valence-electron chi connectivity index (χ4n) is 2.75. The van der Waals surface area contributed by atoms with Gasteiger partial charge in [0.25, 0.3) is 11.8 Å². The van der Waals surface area contributed by atoms with E-state index in [1.807, 2.05) is 0 Å². The number of benzene rings is 2. The third-order valence-electron chi connectivity index (χ3n) is 4.15. The number of carbonyl (C=O) groups is 4. The zero-order valence-electron chi connectivity index (χ0n) is 14.3. The number of carboxylic acids is 1. The van der Waals surface area contributed by atoms with Crippen LogP contribution in [-0.2, 0) is 11.3 Å². The fraction of sp³-hybridized carbons (Fsp3) is 0.111. The Morgan fingerprint density at radius 3 is 2.00 bits per heavy atom. The van der Waals surface area contributed by atoms with Gasteiger partial charge in [-0.25, -0.2) is 4.79 Å². The molecule has 0 aliphatic carbocycles. The van der Waals surface area contributed by atoms with E-state index >= 15 is 0 Å². The molecule has 3 rings (SSSR count). The van der Waals surface area contributed by atoms with Gasteiger partial charge in [-0.05, 0) is 17.7 Å². The zero-order chi connectivity index (χ0) is 21.5. The van der Waals surface area contributed by atoms with Crippen molar-refractivity contribution >= 4 is 70.1 Å². The highest BCUT2D eigenvalue weighted by Gasteiger charge is 2.42. The lowest BCUT2D eigenvalue weighted by molar-refractivity contribution is -0.121. The molecule has 0 atom stereocenters. The highest BCUT2D eigenvalue weighted by atomic mass is 35.5. The quantitative estimate of drug-likeness (QED) is 0.387. The number of hydrogen-bond acceptors (Lipinski definition) is 4. The predicted molar refractivity (Wildman–Crippen MR) is 107 cm³/mol. The van der Waals surface area contributed by atoms with Crippen LogP contribution in [0.1, 0.15) is 36.6 Å². The molecule has 2 N–H and O–H groups in total. The first-order valence-corrected chi connectivity index (χ1v) is 9.45. The summed E-state index contributed by atoms with van der Waals surface area (Å²) in [6.45, 7) is -0.588. The van der Waals surface area contributed by atoms with Gasteiger partial charge in [-0.15, -0.1) is 0 Å². The lowest BCUT2D eigenvalue weighted by Crippen LogP contribution is -2.40. The molecule has 150 valence electrons. The lowest BCUT2D eigenvalue weighted by atomic mass is 10.1. The summed E-state index contributed by atoms with van der Waals surface area (Å²) in [5.74, 6) is -3.39. The van der Waals surface area contributed by atoms with Crippen molar-refractivity contribution < 1.29 is 24.3 Å². The number of carbonyl (C=O) groups excluding carboxylic acids is 3. The van der Waals surface area contributed by atoms with Gasteiger partial charge >= 0.3 is 5.97 Å². The smallest absolute Gasteiger partial charge is 0.335 e. The van der Waals surface area contributed by atoms with Crippen LogP contribution in [0, 0.1) is 0 Å². The fourth-order valence-corrected chi connectivity index (χ4v) is 3.77. The topological polar surface area (TPSA) is 104 Å². The van der Waals surface area contributed by atoms with Gasteiger partial charge in [0, 0.05) is 6.54 Å². The van der Waals surface area contributed by atoms with Gasteiger partial charge in [0.15, 0.2) is 0 Å². The van der Waals surface area contributed by atoms with E-state index in [0.717, 1.165) is 0 Å². The first-order valence-electron chi connectivity index (χ1n) is 7.94. The third-order valence-corrected chi connectivity index (χ3v) is 5.95. The number of imide groups is 1. The second-order valence-electron chi connectivity index (χ2n) is 5.98. The first kappa shape index (κ1) is 21.4. The van der Waals surface area contributed by atoms with Crippen molar-refractivity contribution in [2.24, 2.45) is 0 Å². The van der Waals surface area contributed by atoms with Crippen molar-refractivity contribution in [2.75, 3.05) is 6.54 Å². The minimum atomic E-state index is -1.10. The molecular formula is C18H10Cl4N2O5. The molecule has 29 heavy (non-hydrogen) atoms. The number of halogens is 4. The maximum absolute atomic E-state index is 12.6. The first-order chi connectivity index (χ1) is 13.6. The molecule has 2 aromatic rings. The number of aromatic carboxylic acids is 1. The second-order valence-corrected chi connectivity index (χ2v) is 7.50. The van der Waals surface area contributed by atoms with E-state index in [4.69, 9.17) is 51.5 Å². The van der Waals surface area contributed by atoms with E-state index in [1.54, 1.807) is 6.07 Å². The van der Waals surface area contributed by atoms with Crippen LogP contribution in [0.25, 0.3) is 0 Å². The van der Waals surface area contributed by atoms with E-state index in [9.17, 15) is 19.2 Å². The molecule has 0 bridgehead atoms. The molecule has 1 heterocycles. The van der Waals surface area contributed by atoms with Crippen LogP contribution in [0.15, 0.2) is 24.3 Å². The maximum atomic E-state index is 12.6. The van der Waals surface area contributed by atoms with Crippen LogP contribution in [0.4, 0.5) is 0 Å². The van der Waals surface area contributed by atoms with Crippen molar-refractivity contribution in [1.82, 2.24) is 10.2 Å². The number of fused-ring (bicyclic) bond motifs is 1. The molecule has 2 aromatic carbocycles. The van der Waals surface area contributed by atoms with Gasteiger partial charge in [0.05, 0.1) is 36.8 Å². The number of amides is 3. The molecule has 3 amide bonds. The Labute approximate surface area is 184 Å². The molecule has 0 spiro atoms. The highest BCUT2D eigenvalue weighted by molar-refractivity contribution is 6.55. The molecule has 0 fully saturated rings. The van der Waals surface area contributed by atoms with Gasteiger partial charge < -0.3 is 10.4 Å². The van der Waals surface area contributed by atoms with Gasteiger partial charge in [0.1, 0.15) is 6.54 Å². The Hall–Kier alpha value is -2.32. The van der Waals surface area contributed by atoms with Crippen LogP contribution in [0.2, 0.25) is 20.1 Å². The van der Waals surface area contributed by atoms with E-state index in [-0.39, 0.29) is 43.3 Å². The summed E-state index contributed by atoms with van der Waals surface area (Å²) in [5, 5.41) is 10.7. The summed E-state index contributed by atoms with van der Waals surface area (Å²) in [7, 11) is 0. The normalized spacial score (nSPS) is 12.9. The SMILES string of the molecule is O=C(CN1C(=O)c2c(Cl)c(Cl)c(Cl)c(Cl)c2C1=O)NCc1cccc(C(=O)O)c1. The molecule has 0 saturated heterocycles. The maximum Gasteiger partial charge on any atom is 0.335 e.